The highest BCUT2D eigenvalue weighted by molar-refractivity contribution is 5.27. The SMILES string of the molecule is CCC(C)(CC)c1ccnc(C(C)(C)C)c1. The second-order valence-electron chi connectivity index (χ2n) is 5.95. The molecule has 0 aliphatic carbocycles. The van der Waals surface area contributed by atoms with Crippen molar-refractivity contribution in [2.75, 3.05) is 0 Å². The van der Waals surface area contributed by atoms with Gasteiger partial charge in [0.25, 0.3) is 0 Å². The zero-order chi connectivity index (χ0) is 12.4. The van der Waals surface area contributed by atoms with Gasteiger partial charge in [0.05, 0.1) is 0 Å². The summed E-state index contributed by atoms with van der Waals surface area (Å²) in [6.07, 6.45) is 4.31. The molecule has 1 heteroatoms. The Kier molecular flexibility index (Phi) is 3.77. The maximum atomic E-state index is 4.49. The van der Waals surface area contributed by atoms with E-state index in [2.05, 4.69) is 58.7 Å². The van der Waals surface area contributed by atoms with E-state index in [1.54, 1.807) is 0 Å². The number of aromatic nitrogens is 1. The minimum atomic E-state index is 0.137. The van der Waals surface area contributed by atoms with E-state index in [4.69, 9.17) is 0 Å². The lowest BCUT2D eigenvalue weighted by atomic mass is 9.77. The van der Waals surface area contributed by atoms with Gasteiger partial charge in [-0.25, -0.2) is 0 Å². The third-order valence-electron chi connectivity index (χ3n) is 3.79. The van der Waals surface area contributed by atoms with Crippen LogP contribution >= 0.6 is 0 Å². The van der Waals surface area contributed by atoms with Crippen LogP contribution in [0.25, 0.3) is 0 Å². The third kappa shape index (κ3) is 2.63. The van der Waals surface area contributed by atoms with Gasteiger partial charge in [-0.1, -0.05) is 41.5 Å². The first-order valence-electron chi connectivity index (χ1n) is 6.30. The Morgan fingerprint density at radius 3 is 2.06 bits per heavy atom. The highest BCUT2D eigenvalue weighted by Gasteiger charge is 2.24. The van der Waals surface area contributed by atoms with Gasteiger partial charge in [-0.3, -0.25) is 4.98 Å². The second kappa shape index (κ2) is 4.57. The Bertz CT molecular complexity index is 343. The van der Waals surface area contributed by atoms with Crippen LogP contribution in [0.15, 0.2) is 18.3 Å². The molecular formula is C15H25N. The van der Waals surface area contributed by atoms with E-state index < -0.39 is 0 Å². The third-order valence-corrected chi connectivity index (χ3v) is 3.79. The first-order chi connectivity index (χ1) is 7.33. The Hall–Kier alpha value is -0.850. The van der Waals surface area contributed by atoms with Crippen molar-refractivity contribution in [1.29, 1.82) is 0 Å². The first-order valence-corrected chi connectivity index (χ1v) is 6.30. The molecule has 1 aromatic heterocycles. The number of hydrogen-bond donors (Lipinski definition) is 0. The Morgan fingerprint density at radius 2 is 1.62 bits per heavy atom. The summed E-state index contributed by atoms with van der Waals surface area (Å²) in [6.45, 7) is 13.5. The molecule has 0 aliphatic rings. The molecule has 16 heavy (non-hydrogen) atoms. The summed E-state index contributed by atoms with van der Waals surface area (Å²) in [6, 6.07) is 4.45. The summed E-state index contributed by atoms with van der Waals surface area (Å²) in [5.41, 5.74) is 3.05. The van der Waals surface area contributed by atoms with E-state index in [0.717, 1.165) is 0 Å². The van der Waals surface area contributed by atoms with Crippen LogP contribution in [0.3, 0.4) is 0 Å². The molecule has 0 fully saturated rings. The van der Waals surface area contributed by atoms with Gasteiger partial charge in [-0.05, 0) is 36.0 Å². The molecule has 0 bridgehead atoms. The van der Waals surface area contributed by atoms with Gasteiger partial charge in [-0.15, -0.1) is 0 Å². The van der Waals surface area contributed by atoms with E-state index in [1.807, 2.05) is 6.20 Å². The lowest BCUT2D eigenvalue weighted by Gasteiger charge is -2.29. The van der Waals surface area contributed by atoms with Crippen LogP contribution in [0.1, 0.15) is 65.6 Å². The fraction of sp³-hybridized carbons (Fsp3) is 0.667. The van der Waals surface area contributed by atoms with Gasteiger partial charge in [0.1, 0.15) is 0 Å². The van der Waals surface area contributed by atoms with Crippen molar-refractivity contribution in [2.45, 2.75) is 65.2 Å². The van der Waals surface area contributed by atoms with Crippen molar-refractivity contribution in [3.8, 4) is 0 Å². The topological polar surface area (TPSA) is 12.9 Å². The molecule has 0 aliphatic heterocycles. The standard InChI is InChI=1S/C15H25N/c1-7-15(6,8-2)12-9-10-16-13(11-12)14(3,4)5/h9-11H,7-8H2,1-6H3. The molecule has 0 saturated carbocycles. The predicted octanol–water partition coefficient (Wildman–Crippen LogP) is 4.46. The molecule has 0 spiro atoms. The van der Waals surface area contributed by atoms with Gasteiger partial charge in [0.15, 0.2) is 0 Å². The van der Waals surface area contributed by atoms with Gasteiger partial charge in [0, 0.05) is 17.3 Å². The number of rotatable bonds is 3. The lowest BCUT2D eigenvalue weighted by molar-refractivity contribution is 0.436. The molecule has 0 aromatic carbocycles. The molecule has 1 rings (SSSR count). The molecule has 0 radical (unpaired) electrons. The average Bonchev–Trinajstić information content (AvgIpc) is 2.27. The van der Waals surface area contributed by atoms with Crippen LogP contribution < -0.4 is 0 Å². The molecule has 0 unspecified atom stereocenters. The van der Waals surface area contributed by atoms with Crippen LogP contribution in [-0.4, -0.2) is 4.98 Å². The van der Waals surface area contributed by atoms with Crippen molar-refractivity contribution in [2.24, 2.45) is 0 Å². The molecule has 1 nitrogen and oxygen atoms in total. The largest absolute Gasteiger partial charge is 0.261 e. The summed E-state index contributed by atoms with van der Waals surface area (Å²) in [5, 5.41) is 0. The number of nitrogens with zero attached hydrogens (tertiary/aromatic N) is 1. The molecule has 0 N–H and O–H groups in total. The molecule has 0 amide bonds. The Balaban J connectivity index is 3.17. The number of hydrogen-bond acceptors (Lipinski definition) is 1. The summed E-state index contributed by atoms with van der Waals surface area (Å²) in [7, 11) is 0. The van der Waals surface area contributed by atoms with Crippen molar-refractivity contribution >= 4 is 0 Å². The van der Waals surface area contributed by atoms with Gasteiger partial charge < -0.3 is 0 Å². The highest BCUT2D eigenvalue weighted by Crippen LogP contribution is 2.32. The second-order valence-corrected chi connectivity index (χ2v) is 5.95. The minimum Gasteiger partial charge on any atom is -0.261 e. The van der Waals surface area contributed by atoms with Crippen LogP contribution in [0.5, 0.6) is 0 Å². The van der Waals surface area contributed by atoms with Crippen molar-refractivity contribution in [3.63, 3.8) is 0 Å². The van der Waals surface area contributed by atoms with Crippen LogP contribution in [-0.2, 0) is 10.8 Å². The Morgan fingerprint density at radius 1 is 1.06 bits per heavy atom. The first kappa shape index (κ1) is 13.2. The van der Waals surface area contributed by atoms with E-state index in [9.17, 15) is 0 Å². The van der Waals surface area contributed by atoms with Gasteiger partial charge in [-0.2, -0.15) is 0 Å². The predicted molar refractivity (Wildman–Crippen MR) is 70.9 cm³/mol. The van der Waals surface area contributed by atoms with Gasteiger partial charge >= 0.3 is 0 Å². The fourth-order valence-electron chi connectivity index (χ4n) is 1.87. The minimum absolute atomic E-state index is 0.137. The van der Waals surface area contributed by atoms with E-state index >= 15 is 0 Å². The molecule has 1 aromatic rings. The van der Waals surface area contributed by atoms with Crippen LogP contribution in [0.2, 0.25) is 0 Å². The maximum absolute atomic E-state index is 4.49. The average molecular weight is 219 g/mol. The summed E-state index contributed by atoms with van der Waals surface area (Å²) < 4.78 is 0. The van der Waals surface area contributed by atoms with Crippen molar-refractivity contribution in [1.82, 2.24) is 4.98 Å². The molecular weight excluding hydrogens is 194 g/mol. The highest BCUT2D eigenvalue weighted by atomic mass is 14.7. The molecule has 0 saturated heterocycles. The van der Waals surface area contributed by atoms with Crippen LogP contribution in [0.4, 0.5) is 0 Å². The quantitative estimate of drug-likeness (QED) is 0.731. The van der Waals surface area contributed by atoms with E-state index in [0.29, 0.717) is 5.41 Å². The maximum Gasteiger partial charge on any atom is 0.0459 e. The smallest absolute Gasteiger partial charge is 0.0459 e. The zero-order valence-corrected chi connectivity index (χ0v) is 11.6. The van der Waals surface area contributed by atoms with Crippen LogP contribution in [0, 0.1) is 0 Å². The summed E-state index contributed by atoms with van der Waals surface area (Å²) in [4.78, 5) is 4.49. The zero-order valence-electron chi connectivity index (χ0n) is 11.6. The molecule has 90 valence electrons. The summed E-state index contributed by atoms with van der Waals surface area (Å²) >= 11 is 0. The molecule has 1 heterocycles. The van der Waals surface area contributed by atoms with Crippen molar-refractivity contribution in [3.05, 3.63) is 29.6 Å². The fourth-order valence-corrected chi connectivity index (χ4v) is 1.87. The molecule has 0 atom stereocenters. The lowest BCUT2D eigenvalue weighted by Crippen LogP contribution is -2.22. The number of pyridine rings is 1. The monoisotopic (exact) mass is 219 g/mol. The van der Waals surface area contributed by atoms with Crippen molar-refractivity contribution < 1.29 is 0 Å². The summed E-state index contributed by atoms with van der Waals surface area (Å²) in [5.74, 6) is 0. The Labute approximate surface area is 100 Å². The van der Waals surface area contributed by atoms with Gasteiger partial charge in [0.2, 0.25) is 0 Å². The van der Waals surface area contributed by atoms with E-state index in [1.165, 1.54) is 24.1 Å². The van der Waals surface area contributed by atoms with E-state index in [-0.39, 0.29) is 5.41 Å². The normalized spacial score (nSPS) is 12.9.